The van der Waals surface area contributed by atoms with Crippen molar-refractivity contribution >= 4 is 17.5 Å². The van der Waals surface area contributed by atoms with E-state index in [4.69, 9.17) is 0 Å². The van der Waals surface area contributed by atoms with E-state index in [2.05, 4.69) is 20.2 Å². The minimum absolute atomic E-state index is 0.0329. The average molecular weight is 332 g/mol. The van der Waals surface area contributed by atoms with E-state index in [0.717, 1.165) is 38.1 Å². The Kier molecular flexibility index (Phi) is 4.98. The molecule has 1 aliphatic heterocycles. The Labute approximate surface area is 138 Å². The highest BCUT2D eigenvalue weighted by molar-refractivity contribution is 6.04. The summed E-state index contributed by atoms with van der Waals surface area (Å²) in [7, 11) is 0. The van der Waals surface area contributed by atoms with Crippen molar-refractivity contribution < 1.29 is 13.6 Å². The number of aromatic nitrogens is 2. The maximum atomic E-state index is 13.2. The minimum Gasteiger partial charge on any atom is -0.341 e. The van der Waals surface area contributed by atoms with Crippen molar-refractivity contribution in [2.45, 2.75) is 25.7 Å². The third-order valence-corrected chi connectivity index (χ3v) is 3.97. The van der Waals surface area contributed by atoms with Crippen LogP contribution >= 0.6 is 0 Å². The Morgan fingerprint density at radius 3 is 2.29 bits per heavy atom. The van der Waals surface area contributed by atoms with Crippen LogP contribution in [0.1, 0.15) is 36.0 Å². The van der Waals surface area contributed by atoms with Gasteiger partial charge in [0.25, 0.3) is 5.91 Å². The fourth-order valence-electron chi connectivity index (χ4n) is 2.66. The van der Waals surface area contributed by atoms with E-state index < -0.39 is 17.5 Å². The summed E-state index contributed by atoms with van der Waals surface area (Å²) in [6.45, 7) is 1.86. The Hall–Kier alpha value is -2.57. The van der Waals surface area contributed by atoms with Gasteiger partial charge in [-0.05, 0) is 31.0 Å². The van der Waals surface area contributed by atoms with Gasteiger partial charge in [-0.2, -0.15) is 0 Å². The van der Waals surface area contributed by atoms with E-state index in [1.165, 1.54) is 31.3 Å². The molecule has 3 rings (SSSR count). The number of hydrogen-bond acceptors (Lipinski definition) is 4. The highest BCUT2D eigenvalue weighted by atomic mass is 19.2. The van der Waals surface area contributed by atoms with Gasteiger partial charge in [-0.25, -0.2) is 18.7 Å². The SMILES string of the molecule is O=C(Nc1cnc(N2CCCCCC2)nc1)c1ccc(F)c(F)c1. The number of amides is 1. The Morgan fingerprint density at radius 2 is 1.67 bits per heavy atom. The highest BCUT2D eigenvalue weighted by Gasteiger charge is 2.13. The molecule has 1 fully saturated rings. The van der Waals surface area contributed by atoms with E-state index in [9.17, 15) is 13.6 Å². The number of hydrogen-bond donors (Lipinski definition) is 1. The Bertz CT molecular complexity index is 713. The van der Waals surface area contributed by atoms with Crippen LogP contribution in [-0.4, -0.2) is 29.0 Å². The zero-order valence-corrected chi connectivity index (χ0v) is 13.1. The molecule has 1 saturated heterocycles. The molecule has 1 aromatic carbocycles. The van der Waals surface area contributed by atoms with Gasteiger partial charge in [-0.3, -0.25) is 4.79 Å². The van der Waals surface area contributed by atoms with Crippen LogP contribution in [0.15, 0.2) is 30.6 Å². The predicted molar refractivity (Wildman–Crippen MR) is 87.0 cm³/mol. The molecule has 0 radical (unpaired) electrons. The van der Waals surface area contributed by atoms with Crippen molar-refractivity contribution in [3.63, 3.8) is 0 Å². The van der Waals surface area contributed by atoms with Gasteiger partial charge >= 0.3 is 0 Å². The lowest BCUT2D eigenvalue weighted by atomic mass is 10.2. The first-order valence-electron chi connectivity index (χ1n) is 7.97. The van der Waals surface area contributed by atoms with Gasteiger partial charge < -0.3 is 10.2 Å². The van der Waals surface area contributed by atoms with Crippen LogP contribution in [0.4, 0.5) is 20.4 Å². The summed E-state index contributed by atoms with van der Waals surface area (Å²) in [5, 5.41) is 2.58. The number of nitrogens with zero attached hydrogens (tertiary/aromatic N) is 3. The Balaban J connectivity index is 1.67. The van der Waals surface area contributed by atoms with Gasteiger partial charge in [-0.1, -0.05) is 12.8 Å². The van der Waals surface area contributed by atoms with Crippen LogP contribution in [-0.2, 0) is 0 Å². The fraction of sp³-hybridized carbons (Fsp3) is 0.353. The van der Waals surface area contributed by atoms with E-state index in [1.807, 2.05) is 0 Å². The Morgan fingerprint density at radius 1 is 1.00 bits per heavy atom. The van der Waals surface area contributed by atoms with Crippen LogP contribution in [0.25, 0.3) is 0 Å². The number of benzene rings is 1. The molecule has 0 aliphatic carbocycles. The predicted octanol–water partition coefficient (Wildman–Crippen LogP) is 3.39. The maximum Gasteiger partial charge on any atom is 0.255 e. The molecule has 0 spiro atoms. The van der Waals surface area contributed by atoms with E-state index in [1.54, 1.807) is 0 Å². The molecule has 7 heteroatoms. The standard InChI is InChI=1S/C17H18F2N4O/c18-14-6-5-12(9-15(14)19)16(24)22-13-10-20-17(21-11-13)23-7-3-1-2-4-8-23/h5-6,9-11H,1-4,7-8H2,(H,22,24). The summed E-state index contributed by atoms with van der Waals surface area (Å²) in [5.41, 5.74) is 0.439. The summed E-state index contributed by atoms with van der Waals surface area (Å²) in [5.74, 6) is -1.95. The molecular formula is C17H18F2N4O. The fourth-order valence-corrected chi connectivity index (χ4v) is 2.66. The van der Waals surface area contributed by atoms with Crippen LogP contribution in [0.2, 0.25) is 0 Å². The van der Waals surface area contributed by atoms with Gasteiger partial charge in [-0.15, -0.1) is 0 Å². The van der Waals surface area contributed by atoms with Crippen molar-refractivity contribution in [3.8, 4) is 0 Å². The number of carbonyl (C=O) groups is 1. The maximum absolute atomic E-state index is 13.2. The first-order chi connectivity index (χ1) is 11.6. The molecule has 1 N–H and O–H groups in total. The normalized spacial score (nSPS) is 15.0. The largest absolute Gasteiger partial charge is 0.341 e. The smallest absolute Gasteiger partial charge is 0.255 e. The summed E-state index contributed by atoms with van der Waals surface area (Å²) >= 11 is 0. The molecule has 1 aliphatic rings. The van der Waals surface area contributed by atoms with Crippen LogP contribution in [0.3, 0.4) is 0 Å². The lowest BCUT2D eigenvalue weighted by molar-refractivity contribution is 0.102. The van der Waals surface area contributed by atoms with Crippen LogP contribution in [0, 0.1) is 11.6 Å². The summed E-state index contributed by atoms with van der Waals surface area (Å²) in [6.07, 6.45) is 7.73. The molecule has 0 unspecified atom stereocenters. The van der Waals surface area contributed by atoms with Gasteiger partial charge in [0.2, 0.25) is 5.95 Å². The van der Waals surface area contributed by atoms with Crippen LogP contribution < -0.4 is 10.2 Å². The summed E-state index contributed by atoms with van der Waals surface area (Å²) < 4.78 is 26.1. The number of halogens is 2. The molecule has 5 nitrogen and oxygen atoms in total. The van der Waals surface area contributed by atoms with Gasteiger partial charge in [0.15, 0.2) is 11.6 Å². The number of anilines is 2. The minimum atomic E-state index is -1.06. The summed E-state index contributed by atoms with van der Waals surface area (Å²) in [4.78, 5) is 22.8. The molecule has 0 atom stereocenters. The zero-order chi connectivity index (χ0) is 16.9. The molecule has 24 heavy (non-hydrogen) atoms. The van der Waals surface area contributed by atoms with Crippen molar-refractivity contribution in [2.75, 3.05) is 23.3 Å². The number of nitrogens with one attached hydrogen (secondary N) is 1. The first kappa shape index (κ1) is 16.3. The molecule has 126 valence electrons. The molecule has 1 aromatic heterocycles. The van der Waals surface area contributed by atoms with E-state index in [0.29, 0.717) is 11.6 Å². The van der Waals surface area contributed by atoms with E-state index >= 15 is 0 Å². The van der Waals surface area contributed by atoms with Gasteiger partial charge in [0, 0.05) is 18.7 Å². The second-order valence-electron chi connectivity index (χ2n) is 5.76. The second-order valence-corrected chi connectivity index (χ2v) is 5.76. The lowest BCUT2D eigenvalue weighted by Gasteiger charge is -2.19. The van der Waals surface area contributed by atoms with Gasteiger partial charge in [0.05, 0.1) is 18.1 Å². The van der Waals surface area contributed by atoms with Crippen molar-refractivity contribution in [1.82, 2.24) is 9.97 Å². The topological polar surface area (TPSA) is 58.1 Å². The third-order valence-electron chi connectivity index (χ3n) is 3.97. The molecule has 2 aromatic rings. The van der Waals surface area contributed by atoms with Gasteiger partial charge in [0.1, 0.15) is 0 Å². The first-order valence-corrected chi connectivity index (χ1v) is 7.97. The molecule has 1 amide bonds. The lowest BCUT2D eigenvalue weighted by Crippen LogP contribution is -2.26. The highest BCUT2D eigenvalue weighted by Crippen LogP contribution is 2.17. The van der Waals surface area contributed by atoms with E-state index in [-0.39, 0.29) is 5.56 Å². The molecule has 0 saturated carbocycles. The summed E-state index contributed by atoms with van der Waals surface area (Å²) in [6, 6.07) is 3.00. The monoisotopic (exact) mass is 332 g/mol. The average Bonchev–Trinajstić information content (AvgIpc) is 2.87. The molecular weight excluding hydrogens is 314 g/mol. The molecule has 0 bridgehead atoms. The van der Waals surface area contributed by atoms with Crippen molar-refractivity contribution in [1.29, 1.82) is 0 Å². The second kappa shape index (κ2) is 7.33. The number of carbonyl (C=O) groups excluding carboxylic acids is 1. The zero-order valence-electron chi connectivity index (χ0n) is 13.1. The quantitative estimate of drug-likeness (QED) is 0.936. The third kappa shape index (κ3) is 3.84. The molecule has 2 heterocycles. The van der Waals surface area contributed by atoms with Crippen molar-refractivity contribution in [2.24, 2.45) is 0 Å². The van der Waals surface area contributed by atoms with Crippen molar-refractivity contribution in [3.05, 3.63) is 47.8 Å². The van der Waals surface area contributed by atoms with Crippen LogP contribution in [0.5, 0.6) is 0 Å². The number of rotatable bonds is 3.